The zero-order chi connectivity index (χ0) is 22.0. The van der Waals surface area contributed by atoms with Crippen molar-refractivity contribution >= 4 is 34.6 Å². The zero-order valence-electron chi connectivity index (χ0n) is 17.1. The number of aromatic nitrogens is 3. The molecule has 0 saturated carbocycles. The van der Waals surface area contributed by atoms with Crippen molar-refractivity contribution in [3.8, 4) is 0 Å². The number of allylic oxidation sites excluding steroid dienone is 4. The summed E-state index contributed by atoms with van der Waals surface area (Å²) in [5.41, 5.74) is 2.99. The second-order valence-electron chi connectivity index (χ2n) is 7.63. The number of carbonyl (C=O) groups is 1. The second-order valence-corrected chi connectivity index (χ2v) is 8.12. The maximum absolute atomic E-state index is 14.1. The Morgan fingerprint density at radius 1 is 1.19 bits per heavy atom. The Kier molecular flexibility index (Phi) is 6.13. The van der Waals surface area contributed by atoms with Crippen molar-refractivity contribution in [2.45, 2.75) is 32.1 Å². The number of carbonyl (C=O) groups excluding carboxylic acids is 1. The van der Waals surface area contributed by atoms with E-state index >= 15 is 0 Å². The number of nitrogens with one attached hydrogen (secondary N) is 1. The number of anilines is 2. The Morgan fingerprint density at radius 3 is 2.68 bits per heavy atom. The fourth-order valence-electron chi connectivity index (χ4n) is 3.97. The standard InChI is InChI=1S/C23H23ClFN5O/c1-14(24)12-17(15(2)25)22-27-19-7-5-6-16(19)21(29-22)28-20-8-9-26-13-18(20)23(31)30-10-3-4-11-30/h8-9,12-13H,1-7,10-11H2,(H,26,27,28,29)/b17-12+. The first-order chi connectivity index (χ1) is 14.9. The van der Waals surface area contributed by atoms with Gasteiger partial charge in [0.1, 0.15) is 11.6 Å². The highest BCUT2D eigenvalue weighted by molar-refractivity contribution is 6.31. The van der Waals surface area contributed by atoms with Crippen LogP contribution in [0.25, 0.3) is 5.57 Å². The summed E-state index contributed by atoms with van der Waals surface area (Å²) in [5.74, 6) is -0.0277. The van der Waals surface area contributed by atoms with Crippen LogP contribution in [0.3, 0.4) is 0 Å². The first-order valence-electron chi connectivity index (χ1n) is 10.3. The minimum absolute atomic E-state index is 0.0600. The van der Waals surface area contributed by atoms with E-state index in [1.165, 1.54) is 6.08 Å². The SMILES string of the molecule is C=C(Cl)/C=C(\C(=C)F)c1nc2c(c(Nc3ccncc3C(=O)N3CCCC3)n1)CCC2. The Balaban J connectivity index is 1.75. The molecule has 0 aromatic carbocycles. The topological polar surface area (TPSA) is 71.0 Å². The molecule has 1 amide bonds. The summed E-state index contributed by atoms with van der Waals surface area (Å²) >= 11 is 5.87. The van der Waals surface area contributed by atoms with Crippen molar-refractivity contribution in [2.75, 3.05) is 18.4 Å². The number of aryl methyl sites for hydroxylation is 1. The van der Waals surface area contributed by atoms with Crippen LogP contribution in [0, 0.1) is 0 Å². The number of pyridine rings is 1. The summed E-state index contributed by atoms with van der Waals surface area (Å²) in [7, 11) is 0. The first kappa shape index (κ1) is 21.2. The van der Waals surface area contributed by atoms with Gasteiger partial charge in [0, 0.05) is 41.8 Å². The van der Waals surface area contributed by atoms with E-state index in [4.69, 9.17) is 11.6 Å². The number of halogens is 2. The molecule has 8 heteroatoms. The molecule has 4 rings (SSSR count). The number of likely N-dealkylation sites (tertiary alicyclic amines) is 1. The quantitative estimate of drug-likeness (QED) is 0.644. The lowest BCUT2D eigenvalue weighted by atomic mass is 10.1. The van der Waals surface area contributed by atoms with E-state index in [0.29, 0.717) is 17.1 Å². The van der Waals surface area contributed by atoms with Crippen molar-refractivity contribution in [3.63, 3.8) is 0 Å². The maximum atomic E-state index is 14.1. The molecule has 0 radical (unpaired) electrons. The van der Waals surface area contributed by atoms with E-state index in [2.05, 4.69) is 33.4 Å². The number of amides is 1. The third kappa shape index (κ3) is 4.51. The summed E-state index contributed by atoms with van der Waals surface area (Å²) in [6.07, 6.45) is 9.06. The van der Waals surface area contributed by atoms with Gasteiger partial charge in [-0.3, -0.25) is 9.78 Å². The Hall–Kier alpha value is -3.06. The summed E-state index contributed by atoms with van der Waals surface area (Å²) < 4.78 is 14.1. The van der Waals surface area contributed by atoms with Crippen LogP contribution < -0.4 is 5.32 Å². The van der Waals surface area contributed by atoms with E-state index in [1.54, 1.807) is 18.5 Å². The molecule has 0 bridgehead atoms. The third-order valence-corrected chi connectivity index (χ3v) is 5.57. The van der Waals surface area contributed by atoms with Gasteiger partial charge in [-0.15, -0.1) is 0 Å². The van der Waals surface area contributed by atoms with Gasteiger partial charge in [0.25, 0.3) is 5.91 Å². The fourth-order valence-corrected chi connectivity index (χ4v) is 4.08. The number of nitrogens with zero attached hydrogens (tertiary/aromatic N) is 4. The summed E-state index contributed by atoms with van der Waals surface area (Å²) in [4.78, 5) is 28.1. The van der Waals surface area contributed by atoms with E-state index in [-0.39, 0.29) is 22.3 Å². The fraction of sp³-hybridized carbons (Fsp3) is 0.304. The van der Waals surface area contributed by atoms with E-state index in [0.717, 1.165) is 56.5 Å². The molecule has 0 unspecified atom stereocenters. The minimum atomic E-state index is -0.695. The first-order valence-corrected chi connectivity index (χ1v) is 10.6. The molecule has 2 aromatic rings. The normalized spacial score (nSPS) is 15.7. The molecule has 1 aliphatic heterocycles. The van der Waals surface area contributed by atoms with Crippen molar-refractivity contribution in [3.05, 3.63) is 71.2 Å². The molecular formula is C23H23ClFN5O. The lowest BCUT2D eigenvalue weighted by molar-refractivity contribution is 0.0793. The monoisotopic (exact) mass is 439 g/mol. The van der Waals surface area contributed by atoms with Crippen LogP contribution in [0.2, 0.25) is 0 Å². The predicted octanol–water partition coefficient (Wildman–Crippen LogP) is 4.96. The van der Waals surface area contributed by atoms with Gasteiger partial charge in [0.05, 0.1) is 16.8 Å². The van der Waals surface area contributed by atoms with Crippen LogP contribution in [0.1, 0.15) is 46.7 Å². The van der Waals surface area contributed by atoms with E-state index in [9.17, 15) is 9.18 Å². The van der Waals surface area contributed by atoms with Gasteiger partial charge in [-0.25, -0.2) is 14.4 Å². The highest BCUT2D eigenvalue weighted by atomic mass is 35.5. The van der Waals surface area contributed by atoms with Gasteiger partial charge in [0.15, 0.2) is 5.82 Å². The van der Waals surface area contributed by atoms with Gasteiger partial charge in [-0.1, -0.05) is 24.8 Å². The van der Waals surface area contributed by atoms with Crippen molar-refractivity contribution in [1.82, 2.24) is 19.9 Å². The molecule has 160 valence electrons. The van der Waals surface area contributed by atoms with Crippen molar-refractivity contribution < 1.29 is 9.18 Å². The van der Waals surface area contributed by atoms with Gasteiger partial charge in [-0.05, 0) is 44.2 Å². The van der Waals surface area contributed by atoms with Gasteiger partial charge >= 0.3 is 0 Å². The average molecular weight is 440 g/mol. The van der Waals surface area contributed by atoms with Crippen LogP contribution in [-0.2, 0) is 12.8 Å². The summed E-state index contributed by atoms with van der Waals surface area (Å²) in [5, 5.41) is 3.44. The average Bonchev–Trinajstić information content (AvgIpc) is 3.43. The Labute approximate surface area is 185 Å². The van der Waals surface area contributed by atoms with E-state index < -0.39 is 5.83 Å². The van der Waals surface area contributed by atoms with Crippen LogP contribution in [0.5, 0.6) is 0 Å². The lowest BCUT2D eigenvalue weighted by Gasteiger charge is -2.19. The molecule has 6 nitrogen and oxygen atoms in total. The highest BCUT2D eigenvalue weighted by Crippen LogP contribution is 2.33. The van der Waals surface area contributed by atoms with E-state index in [1.807, 2.05) is 4.90 Å². The molecule has 0 atom stereocenters. The zero-order valence-corrected chi connectivity index (χ0v) is 17.9. The van der Waals surface area contributed by atoms with Gasteiger partial charge in [0.2, 0.25) is 0 Å². The highest BCUT2D eigenvalue weighted by Gasteiger charge is 2.25. The van der Waals surface area contributed by atoms with Crippen molar-refractivity contribution in [2.24, 2.45) is 0 Å². The molecule has 1 fully saturated rings. The molecule has 1 saturated heterocycles. The molecule has 3 heterocycles. The predicted molar refractivity (Wildman–Crippen MR) is 120 cm³/mol. The largest absolute Gasteiger partial charge is 0.339 e. The molecular weight excluding hydrogens is 417 g/mol. The molecule has 31 heavy (non-hydrogen) atoms. The molecule has 1 N–H and O–H groups in total. The molecule has 2 aliphatic rings. The van der Waals surface area contributed by atoms with Crippen LogP contribution in [0.15, 0.2) is 48.6 Å². The number of hydrogen-bond donors (Lipinski definition) is 1. The van der Waals surface area contributed by atoms with Crippen LogP contribution >= 0.6 is 11.6 Å². The maximum Gasteiger partial charge on any atom is 0.257 e. The van der Waals surface area contributed by atoms with Crippen molar-refractivity contribution in [1.29, 1.82) is 0 Å². The smallest absolute Gasteiger partial charge is 0.257 e. The van der Waals surface area contributed by atoms with Crippen LogP contribution in [0.4, 0.5) is 15.9 Å². The minimum Gasteiger partial charge on any atom is -0.339 e. The molecule has 2 aromatic heterocycles. The summed E-state index contributed by atoms with van der Waals surface area (Å²) in [6, 6.07) is 1.75. The van der Waals surface area contributed by atoms with Crippen LogP contribution in [-0.4, -0.2) is 38.8 Å². The Bertz CT molecular complexity index is 1090. The lowest BCUT2D eigenvalue weighted by Crippen LogP contribution is -2.28. The van der Waals surface area contributed by atoms with Gasteiger partial charge in [-0.2, -0.15) is 0 Å². The summed E-state index contributed by atoms with van der Waals surface area (Å²) in [6.45, 7) is 8.47. The van der Waals surface area contributed by atoms with Gasteiger partial charge < -0.3 is 10.2 Å². The molecule has 0 spiro atoms. The third-order valence-electron chi connectivity index (χ3n) is 5.47. The number of hydrogen-bond acceptors (Lipinski definition) is 5. The number of fused-ring (bicyclic) bond motifs is 1. The second kappa shape index (κ2) is 8.98. The molecule has 1 aliphatic carbocycles. The number of rotatable bonds is 6. The Morgan fingerprint density at radius 2 is 1.97 bits per heavy atom.